The Hall–Kier alpha value is -2.80. The molecule has 0 amide bonds. The maximum absolute atomic E-state index is 12.9. The zero-order valence-electron chi connectivity index (χ0n) is 15.1. The fourth-order valence-electron chi connectivity index (χ4n) is 2.56. The van der Waals surface area contributed by atoms with E-state index in [1.165, 1.54) is 11.6 Å². The zero-order chi connectivity index (χ0) is 19.6. The number of carbonyl (C=O) groups is 1. The van der Waals surface area contributed by atoms with E-state index < -0.39 is 0 Å². The zero-order valence-corrected chi connectivity index (χ0v) is 16.7. The van der Waals surface area contributed by atoms with E-state index in [0.717, 1.165) is 10.0 Å². The third kappa shape index (κ3) is 4.31. The van der Waals surface area contributed by atoms with Crippen LogP contribution in [0.2, 0.25) is 0 Å². The Bertz CT molecular complexity index is 1090. The Morgan fingerprint density at radius 3 is 2.56 bits per heavy atom. The minimum atomic E-state index is -0.377. The van der Waals surface area contributed by atoms with Gasteiger partial charge < -0.3 is 4.74 Å². The number of benzene rings is 2. The molecular formula is C20H18BrN3O3. The van der Waals surface area contributed by atoms with Gasteiger partial charge in [-0.25, -0.2) is 4.98 Å². The highest BCUT2D eigenvalue weighted by Crippen LogP contribution is 2.19. The second kappa shape index (κ2) is 7.84. The lowest BCUT2D eigenvalue weighted by Crippen LogP contribution is -2.23. The summed E-state index contributed by atoms with van der Waals surface area (Å²) in [5, 5.41) is 4.86. The molecule has 0 fully saturated rings. The van der Waals surface area contributed by atoms with Gasteiger partial charge in [0.15, 0.2) is 0 Å². The summed E-state index contributed by atoms with van der Waals surface area (Å²) < 4.78 is 7.15. The highest BCUT2D eigenvalue weighted by molar-refractivity contribution is 9.10. The van der Waals surface area contributed by atoms with Gasteiger partial charge >= 0.3 is 5.97 Å². The van der Waals surface area contributed by atoms with Gasteiger partial charge in [-0.05, 0) is 48.0 Å². The van der Waals surface area contributed by atoms with Crippen molar-refractivity contribution in [1.82, 2.24) is 9.66 Å². The molecule has 138 valence electrons. The van der Waals surface area contributed by atoms with Crippen molar-refractivity contribution in [2.24, 2.45) is 5.10 Å². The van der Waals surface area contributed by atoms with Crippen molar-refractivity contribution in [3.8, 4) is 5.75 Å². The molecule has 1 aromatic heterocycles. The van der Waals surface area contributed by atoms with Crippen LogP contribution in [0.15, 0.2) is 56.8 Å². The van der Waals surface area contributed by atoms with E-state index in [-0.39, 0.29) is 17.4 Å². The smallest absolute Gasteiger partial charge is 0.308 e. The topological polar surface area (TPSA) is 73.5 Å². The summed E-state index contributed by atoms with van der Waals surface area (Å²) in [6, 6.07) is 12.3. The Kier molecular flexibility index (Phi) is 5.51. The number of halogens is 1. The molecule has 2 aromatic carbocycles. The fourth-order valence-corrected chi connectivity index (χ4v) is 2.92. The van der Waals surface area contributed by atoms with Crippen LogP contribution in [0.25, 0.3) is 10.9 Å². The predicted octanol–water partition coefficient (Wildman–Crippen LogP) is 4.09. The lowest BCUT2D eigenvalue weighted by atomic mass is 10.2. The van der Waals surface area contributed by atoms with E-state index in [2.05, 4.69) is 26.0 Å². The molecule has 6 nitrogen and oxygen atoms in total. The molecule has 0 atom stereocenters. The molecular weight excluding hydrogens is 410 g/mol. The van der Waals surface area contributed by atoms with E-state index in [1.54, 1.807) is 36.5 Å². The summed E-state index contributed by atoms with van der Waals surface area (Å²) in [5.74, 6) is 0.687. The van der Waals surface area contributed by atoms with E-state index in [1.807, 2.05) is 26.0 Å². The average molecular weight is 428 g/mol. The van der Waals surface area contributed by atoms with Crippen LogP contribution < -0.4 is 10.3 Å². The van der Waals surface area contributed by atoms with E-state index in [4.69, 9.17) is 4.74 Å². The van der Waals surface area contributed by atoms with Crippen molar-refractivity contribution in [2.45, 2.75) is 26.7 Å². The molecule has 0 saturated heterocycles. The average Bonchev–Trinajstić information content (AvgIpc) is 2.62. The first kappa shape index (κ1) is 19.0. The van der Waals surface area contributed by atoms with Crippen LogP contribution in [0.4, 0.5) is 0 Å². The van der Waals surface area contributed by atoms with Crippen molar-refractivity contribution in [3.05, 3.63) is 68.7 Å². The molecule has 0 aliphatic carbocycles. The van der Waals surface area contributed by atoms with Gasteiger partial charge in [0.2, 0.25) is 0 Å². The number of carbonyl (C=O) groups excluding carboxylic acids is 1. The predicted molar refractivity (Wildman–Crippen MR) is 109 cm³/mol. The van der Waals surface area contributed by atoms with Crippen molar-refractivity contribution >= 4 is 39.0 Å². The van der Waals surface area contributed by atoms with Gasteiger partial charge in [0, 0.05) is 17.3 Å². The van der Waals surface area contributed by atoms with Gasteiger partial charge in [-0.15, -0.1) is 0 Å². The Morgan fingerprint density at radius 1 is 1.22 bits per heavy atom. The monoisotopic (exact) mass is 427 g/mol. The Morgan fingerprint density at radius 2 is 1.93 bits per heavy atom. The summed E-state index contributed by atoms with van der Waals surface area (Å²) in [6.45, 7) is 5.28. The van der Waals surface area contributed by atoms with Crippen molar-refractivity contribution in [1.29, 1.82) is 0 Å². The summed E-state index contributed by atoms with van der Waals surface area (Å²) in [7, 11) is 0. The van der Waals surface area contributed by atoms with Crippen LogP contribution in [-0.4, -0.2) is 21.8 Å². The van der Waals surface area contributed by atoms with E-state index >= 15 is 0 Å². The molecule has 27 heavy (non-hydrogen) atoms. The van der Waals surface area contributed by atoms with Gasteiger partial charge in [-0.1, -0.05) is 29.8 Å². The third-order valence-corrected chi connectivity index (χ3v) is 4.31. The number of ether oxygens (including phenoxy) is 1. The van der Waals surface area contributed by atoms with Crippen LogP contribution in [0.5, 0.6) is 5.75 Å². The molecule has 0 radical (unpaired) electrons. The highest BCUT2D eigenvalue weighted by atomic mass is 79.9. The molecule has 7 heteroatoms. The van der Waals surface area contributed by atoms with Crippen molar-refractivity contribution in [3.63, 3.8) is 0 Å². The number of nitrogens with zero attached hydrogens (tertiary/aromatic N) is 3. The number of rotatable bonds is 4. The minimum Gasteiger partial charge on any atom is -0.427 e. The number of esters is 1. The van der Waals surface area contributed by atoms with Gasteiger partial charge in [0.1, 0.15) is 11.6 Å². The fraction of sp³-hybridized carbons (Fsp3) is 0.200. The van der Waals surface area contributed by atoms with Gasteiger partial charge in [0.25, 0.3) is 5.56 Å². The number of fused-ring (bicyclic) bond motifs is 1. The molecule has 3 aromatic rings. The van der Waals surface area contributed by atoms with Crippen LogP contribution in [0.3, 0.4) is 0 Å². The maximum atomic E-state index is 12.9. The highest BCUT2D eigenvalue weighted by Gasteiger charge is 2.13. The van der Waals surface area contributed by atoms with Gasteiger partial charge in [-0.3, -0.25) is 9.59 Å². The molecule has 0 aliphatic heterocycles. The van der Waals surface area contributed by atoms with E-state index in [9.17, 15) is 9.59 Å². The largest absolute Gasteiger partial charge is 0.427 e. The lowest BCUT2D eigenvalue weighted by Gasteiger charge is -2.11. The minimum absolute atomic E-state index is 0.0224. The quantitative estimate of drug-likeness (QED) is 0.357. The second-order valence-electron chi connectivity index (χ2n) is 6.31. The van der Waals surface area contributed by atoms with Crippen LogP contribution in [0, 0.1) is 0 Å². The number of hydrogen-bond acceptors (Lipinski definition) is 5. The second-order valence-corrected chi connectivity index (χ2v) is 7.23. The Balaban J connectivity index is 2.03. The van der Waals surface area contributed by atoms with Gasteiger partial charge in [0.05, 0.1) is 17.1 Å². The first-order chi connectivity index (χ1) is 12.8. The summed E-state index contributed by atoms with van der Waals surface area (Å²) in [4.78, 5) is 28.5. The molecule has 0 saturated carbocycles. The lowest BCUT2D eigenvalue weighted by molar-refractivity contribution is -0.131. The normalized spacial score (nSPS) is 11.4. The van der Waals surface area contributed by atoms with Crippen LogP contribution >= 0.6 is 15.9 Å². The SMILES string of the molecule is CC(=O)Oc1ccc(C=Nn2c(C(C)C)nc3ccc(Br)cc3c2=O)cc1. The summed E-state index contributed by atoms with van der Waals surface area (Å²) in [6.07, 6.45) is 1.58. The van der Waals surface area contributed by atoms with Crippen molar-refractivity contribution < 1.29 is 9.53 Å². The standard InChI is InChI=1S/C20H18BrN3O3/c1-12(2)19-23-18-9-6-15(21)10-17(18)20(26)24(19)22-11-14-4-7-16(8-5-14)27-13(3)25/h4-12H,1-3H3. The molecule has 0 unspecified atom stereocenters. The molecule has 0 bridgehead atoms. The van der Waals surface area contributed by atoms with Crippen molar-refractivity contribution in [2.75, 3.05) is 0 Å². The molecule has 0 aliphatic rings. The molecule has 0 spiro atoms. The first-order valence-electron chi connectivity index (χ1n) is 8.40. The number of aromatic nitrogens is 2. The molecule has 1 heterocycles. The Labute approximate surface area is 164 Å². The van der Waals surface area contributed by atoms with Crippen LogP contribution in [0.1, 0.15) is 38.1 Å². The molecule has 0 N–H and O–H groups in total. The van der Waals surface area contributed by atoms with Crippen LogP contribution in [-0.2, 0) is 4.79 Å². The number of hydrogen-bond donors (Lipinski definition) is 0. The van der Waals surface area contributed by atoms with Gasteiger partial charge in [-0.2, -0.15) is 9.78 Å². The maximum Gasteiger partial charge on any atom is 0.308 e. The summed E-state index contributed by atoms with van der Waals surface area (Å²) in [5.41, 5.74) is 1.18. The van der Waals surface area contributed by atoms with E-state index in [0.29, 0.717) is 22.5 Å². The first-order valence-corrected chi connectivity index (χ1v) is 9.19. The molecule has 3 rings (SSSR count). The summed E-state index contributed by atoms with van der Waals surface area (Å²) >= 11 is 3.39. The third-order valence-electron chi connectivity index (χ3n) is 3.81.